The minimum atomic E-state index is -4.64. The van der Waals surface area contributed by atoms with E-state index < -0.39 is 48.7 Å². The molecule has 31 heavy (non-hydrogen) atoms. The third-order valence-corrected chi connectivity index (χ3v) is 4.98. The summed E-state index contributed by atoms with van der Waals surface area (Å²) >= 11 is 0. The number of aliphatic hydroxyl groups excluding tert-OH is 3. The molecule has 13 heteroatoms. The summed E-state index contributed by atoms with van der Waals surface area (Å²) in [5.41, 5.74) is -0.647. The average Bonchev–Trinajstić information content (AvgIpc) is 3.28. The first-order chi connectivity index (χ1) is 14.7. The van der Waals surface area contributed by atoms with Crippen molar-refractivity contribution in [2.45, 2.75) is 37.3 Å². The summed E-state index contributed by atoms with van der Waals surface area (Å²) in [6.45, 7) is -0.668. The van der Waals surface area contributed by atoms with E-state index in [1.807, 2.05) is 0 Å². The Bertz CT molecular complexity index is 1090. The van der Waals surface area contributed by atoms with Gasteiger partial charge in [0.25, 0.3) is 0 Å². The summed E-state index contributed by atoms with van der Waals surface area (Å²) in [6, 6.07) is 2.23. The molecular weight excluding hydrogens is 426 g/mol. The second kappa shape index (κ2) is 8.00. The van der Waals surface area contributed by atoms with Gasteiger partial charge in [0, 0.05) is 12.1 Å². The number of aliphatic hydroxyl groups is 3. The molecule has 1 unspecified atom stereocenters. The van der Waals surface area contributed by atoms with Crippen LogP contribution in [0.15, 0.2) is 30.9 Å². The van der Waals surface area contributed by atoms with E-state index >= 15 is 0 Å². The van der Waals surface area contributed by atoms with Gasteiger partial charge in [0.15, 0.2) is 23.2 Å². The number of ether oxygens (including phenoxy) is 1. The molecule has 1 aliphatic heterocycles. The van der Waals surface area contributed by atoms with E-state index in [4.69, 9.17) is 4.74 Å². The first kappa shape index (κ1) is 21.4. The largest absolute Gasteiger partial charge is 0.416 e. The van der Waals surface area contributed by atoms with Crippen molar-refractivity contribution in [3.05, 3.63) is 47.8 Å². The Morgan fingerprint density at radius 3 is 2.55 bits per heavy atom. The maximum atomic E-state index is 14.1. The lowest BCUT2D eigenvalue weighted by atomic mass is 10.1. The van der Waals surface area contributed by atoms with Crippen molar-refractivity contribution in [2.75, 3.05) is 11.9 Å². The van der Waals surface area contributed by atoms with Gasteiger partial charge >= 0.3 is 6.18 Å². The number of aromatic nitrogens is 4. The van der Waals surface area contributed by atoms with Crippen molar-refractivity contribution in [1.29, 1.82) is 0 Å². The molecule has 1 fully saturated rings. The van der Waals surface area contributed by atoms with Crippen LogP contribution in [0.4, 0.5) is 23.4 Å². The number of benzene rings is 1. The van der Waals surface area contributed by atoms with Gasteiger partial charge in [-0.2, -0.15) is 13.2 Å². The molecular formula is C18H17F4N5O4. The second-order valence-electron chi connectivity index (χ2n) is 6.93. The van der Waals surface area contributed by atoms with Gasteiger partial charge in [0.1, 0.15) is 30.5 Å². The monoisotopic (exact) mass is 443 g/mol. The lowest BCUT2D eigenvalue weighted by Crippen LogP contribution is -2.33. The van der Waals surface area contributed by atoms with Gasteiger partial charge in [-0.15, -0.1) is 0 Å². The van der Waals surface area contributed by atoms with Crippen LogP contribution in [0.3, 0.4) is 0 Å². The van der Waals surface area contributed by atoms with Gasteiger partial charge in [-0.05, 0) is 12.1 Å². The van der Waals surface area contributed by atoms with Crippen LogP contribution in [0.1, 0.15) is 17.4 Å². The van der Waals surface area contributed by atoms with Gasteiger partial charge in [0.2, 0.25) is 0 Å². The molecule has 0 aliphatic carbocycles. The zero-order valence-corrected chi connectivity index (χ0v) is 15.7. The zero-order valence-electron chi connectivity index (χ0n) is 15.7. The van der Waals surface area contributed by atoms with E-state index in [0.29, 0.717) is 6.07 Å². The SMILES string of the molecule is OC[C@H]1OC(n2cnc3c(NCc4ccc(C(F)(F)F)cc4F)ncnc32)[C@H](O)[C@@H]1O. The minimum absolute atomic E-state index is 0.0114. The second-order valence-corrected chi connectivity index (χ2v) is 6.93. The predicted octanol–water partition coefficient (Wildman–Crippen LogP) is 1.21. The first-order valence-electron chi connectivity index (χ1n) is 9.10. The summed E-state index contributed by atoms with van der Waals surface area (Å²) in [4.78, 5) is 12.3. The zero-order chi connectivity index (χ0) is 22.3. The van der Waals surface area contributed by atoms with E-state index in [1.165, 1.54) is 17.2 Å². The van der Waals surface area contributed by atoms with E-state index in [9.17, 15) is 32.9 Å². The number of rotatable bonds is 5. The van der Waals surface area contributed by atoms with Crippen molar-refractivity contribution in [1.82, 2.24) is 19.5 Å². The van der Waals surface area contributed by atoms with Crippen LogP contribution in [0.5, 0.6) is 0 Å². The van der Waals surface area contributed by atoms with Crippen LogP contribution < -0.4 is 5.32 Å². The van der Waals surface area contributed by atoms with E-state index in [1.54, 1.807) is 0 Å². The third-order valence-electron chi connectivity index (χ3n) is 4.98. The quantitative estimate of drug-likeness (QED) is 0.434. The normalized spacial score (nSPS) is 24.1. The van der Waals surface area contributed by atoms with Gasteiger partial charge < -0.3 is 25.4 Å². The molecule has 0 saturated carbocycles. The van der Waals surface area contributed by atoms with Crippen LogP contribution in [0.25, 0.3) is 11.2 Å². The summed E-state index contributed by atoms with van der Waals surface area (Å²) in [5, 5.41) is 32.2. The Morgan fingerprint density at radius 2 is 1.90 bits per heavy atom. The number of hydrogen-bond acceptors (Lipinski definition) is 8. The molecule has 1 aliphatic rings. The summed E-state index contributed by atoms with van der Waals surface area (Å²) in [7, 11) is 0. The molecule has 166 valence electrons. The molecule has 0 spiro atoms. The van der Waals surface area contributed by atoms with Crippen LogP contribution >= 0.6 is 0 Å². The molecule has 9 nitrogen and oxygen atoms in total. The van der Waals surface area contributed by atoms with Crippen molar-refractivity contribution in [2.24, 2.45) is 0 Å². The topological polar surface area (TPSA) is 126 Å². The highest BCUT2D eigenvalue weighted by atomic mass is 19.4. The molecule has 2 aromatic heterocycles. The number of halogens is 4. The number of fused-ring (bicyclic) bond motifs is 1. The Hall–Kier alpha value is -2.87. The maximum Gasteiger partial charge on any atom is 0.416 e. The molecule has 1 aromatic carbocycles. The number of hydrogen-bond donors (Lipinski definition) is 4. The molecule has 4 rings (SSSR count). The Morgan fingerprint density at radius 1 is 1.13 bits per heavy atom. The third kappa shape index (κ3) is 3.92. The van der Waals surface area contributed by atoms with E-state index in [-0.39, 0.29) is 29.1 Å². The first-order valence-corrected chi connectivity index (χ1v) is 9.10. The molecule has 0 radical (unpaired) electrons. The standard InChI is InChI=1S/C18H17F4N5O4/c19-10-3-9(18(20,21)22)2-1-8(10)4-23-15-12-16(25-6-24-15)27(7-26-12)17-14(30)13(29)11(5-28)31-17/h1-3,6-7,11,13-14,17,28-30H,4-5H2,(H,23,24,25)/t11-,13-,14-,17?/m1/s1. The highest BCUT2D eigenvalue weighted by Gasteiger charge is 2.44. The highest BCUT2D eigenvalue weighted by molar-refractivity contribution is 5.82. The van der Waals surface area contributed by atoms with Gasteiger partial charge in [-0.1, -0.05) is 6.07 Å². The molecule has 1 saturated heterocycles. The molecule has 0 amide bonds. The fourth-order valence-electron chi connectivity index (χ4n) is 3.32. The predicted molar refractivity (Wildman–Crippen MR) is 97.1 cm³/mol. The smallest absolute Gasteiger partial charge is 0.394 e. The van der Waals surface area contributed by atoms with Crippen molar-refractivity contribution >= 4 is 17.0 Å². The number of alkyl halides is 3. The van der Waals surface area contributed by atoms with Crippen LogP contribution in [0.2, 0.25) is 0 Å². The van der Waals surface area contributed by atoms with Crippen LogP contribution in [-0.4, -0.2) is 59.8 Å². The van der Waals surface area contributed by atoms with Crippen LogP contribution in [0, 0.1) is 5.82 Å². The summed E-state index contributed by atoms with van der Waals surface area (Å²) < 4.78 is 58.9. The van der Waals surface area contributed by atoms with Crippen molar-refractivity contribution < 1.29 is 37.6 Å². The Balaban J connectivity index is 1.57. The Kier molecular flexibility index (Phi) is 5.51. The summed E-state index contributed by atoms with van der Waals surface area (Å²) in [5.74, 6) is -0.848. The summed E-state index contributed by atoms with van der Waals surface area (Å²) in [6.07, 6.45) is -6.88. The molecule has 4 N–H and O–H groups in total. The van der Waals surface area contributed by atoms with Gasteiger partial charge in [-0.25, -0.2) is 19.3 Å². The van der Waals surface area contributed by atoms with Gasteiger partial charge in [-0.3, -0.25) is 4.57 Å². The van der Waals surface area contributed by atoms with E-state index in [0.717, 1.165) is 12.1 Å². The average molecular weight is 443 g/mol. The number of anilines is 1. The minimum Gasteiger partial charge on any atom is -0.394 e. The van der Waals surface area contributed by atoms with Gasteiger partial charge in [0.05, 0.1) is 18.5 Å². The maximum absolute atomic E-state index is 14.1. The molecule has 0 bridgehead atoms. The molecule has 4 atom stereocenters. The fourth-order valence-corrected chi connectivity index (χ4v) is 3.32. The molecule has 3 heterocycles. The number of imidazole rings is 1. The fraction of sp³-hybridized carbons (Fsp3) is 0.389. The van der Waals surface area contributed by atoms with Crippen LogP contribution in [-0.2, 0) is 17.5 Å². The highest BCUT2D eigenvalue weighted by Crippen LogP contribution is 2.33. The lowest BCUT2D eigenvalue weighted by molar-refractivity contribution is -0.137. The van der Waals surface area contributed by atoms with E-state index in [2.05, 4.69) is 20.3 Å². The van der Waals surface area contributed by atoms with Crippen molar-refractivity contribution in [3.8, 4) is 0 Å². The number of nitrogens with one attached hydrogen (secondary N) is 1. The lowest BCUT2D eigenvalue weighted by Gasteiger charge is -2.16. The van der Waals surface area contributed by atoms with Crippen molar-refractivity contribution in [3.63, 3.8) is 0 Å². The Labute approximate surface area is 172 Å². The number of nitrogens with zero attached hydrogens (tertiary/aromatic N) is 4. The molecule has 3 aromatic rings.